The number of carbonyl (C=O) groups excluding carboxylic acids is 1. The molecule has 21 heavy (non-hydrogen) atoms. The van der Waals surface area contributed by atoms with E-state index in [0.717, 1.165) is 0 Å². The summed E-state index contributed by atoms with van der Waals surface area (Å²) in [6, 6.07) is 5.46. The third-order valence-electron chi connectivity index (χ3n) is 2.72. The van der Waals surface area contributed by atoms with Gasteiger partial charge in [-0.2, -0.15) is 0 Å². The molecule has 1 rings (SSSR count). The highest BCUT2D eigenvalue weighted by atomic mass is 19.1. The van der Waals surface area contributed by atoms with E-state index in [2.05, 4.69) is 5.32 Å². The van der Waals surface area contributed by atoms with Gasteiger partial charge in [-0.05, 0) is 19.1 Å². The lowest BCUT2D eigenvalue weighted by molar-refractivity contribution is -0.140. The van der Waals surface area contributed by atoms with Crippen LogP contribution in [0.2, 0.25) is 0 Å². The Morgan fingerprint density at radius 3 is 2.71 bits per heavy atom. The van der Waals surface area contributed by atoms with E-state index in [1.165, 1.54) is 38.3 Å². The van der Waals surface area contributed by atoms with Gasteiger partial charge in [-0.15, -0.1) is 0 Å². The molecular weight excluding hydrogens is 281 g/mol. The molecule has 0 bridgehead atoms. The Morgan fingerprint density at radius 1 is 1.43 bits per heavy atom. The molecule has 7 heteroatoms. The highest BCUT2D eigenvalue weighted by Crippen LogP contribution is 2.13. The number of amides is 1. The Bertz CT molecular complexity index is 494. The van der Waals surface area contributed by atoms with Crippen molar-refractivity contribution in [3.8, 4) is 5.75 Å². The lowest BCUT2D eigenvalue weighted by atomic mass is 10.2. The SMILES string of the molecule is COC(CNC(=O)C(C)Oc1cccc(F)c1)CC(=O)O. The van der Waals surface area contributed by atoms with Gasteiger partial charge in [0, 0.05) is 19.7 Å². The molecule has 1 aromatic carbocycles. The van der Waals surface area contributed by atoms with E-state index in [1.807, 2.05) is 0 Å². The molecule has 0 aliphatic carbocycles. The molecule has 6 nitrogen and oxygen atoms in total. The summed E-state index contributed by atoms with van der Waals surface area (Å²) in [5.41, 5.74) is 0. The third kappa shape index (κ3) is 6.22. The lowest BCUT2D eigenvalue weighted by Crippen LogP contribution is -2.41. The summed E-state index contributed by atoms with van der Waals surface area (Å²) in [5.74, 6) is -1.67. The van der Waals surface area contributed by atoms with Gasteiger partial charge in [-0.3, -0.25) is 9.59 Å². The number of ether oxygens (including phenoxy) is 2. The number of aliphatic carboxylic acids is 1. The number of hydrogen-bond acceptors (Lipinski definition) is 4. The molecule has 0 saturated carbocycles. The zero-order valence-corrected chi connectivity index (χ0v) is 11.8. The van der Waals surface area contributed by atoms with Crippen molar-refractivity contribution in [3.63, 3.8) is 0 Å². The van der Waals surface area contributed by atoms with Gasteiger partial charge in [0.05, 0.1) is 12.5 Å². The van der Waals surface area contributed by atoms with Gasteiger partial charge in [-0.25, -0.2) is 4.39 Å². The summed E-state index contributed by atoms with van der Waals surface area (Å²) in [5, 5.41) is 11.2. The molecule has 116 valence electrons. The Labute approximate surface area is 121 Å². The fourth-order valence-corrected chi connectivity index (χ4v) is 1.59. The van der Waals surface area contributed by atoms with Gasteiger partial charge in [0.25, 0.3) is 5.91 Å². The number of nitrogens with one attached hydrogen (secondary N) is 1. The summed E-state index contributed by atoms with van der Waals surface area (Å²) in [6.07, 6.45) is -1.67. The van der Waals surface area contributed by atoms with Crippen LogP contribution in [0.25, 0.3) is 0 Å². The number of methoxy groups -OCH3 is 1. The van der Waals surface area contributed by atoms with Crippen LogP contribution in [0.1, 0.15) is 13.3 Å². The Kier molecular flexibility index (Phi) is 6.61. The number of carboxylic acid groups (broad SMARTS) is 1. The van der Waals surface area contributed by atoms with Gasteiger partial charge in [0.1, 0.15) is 11.6 Å². The van der Waals surface area contributed by atoms with E-state index in [9.17, 15) is 14.0 Å². The molecule has 0 radical (unpaired) electrons. The molecule has 0 aromatic heterocycles. The van der Waals surface area contributed by atoms with Crippen molar-refractivity contribution >= 4 is 11.9 Å². The number of halogens is 1. The van der Waals surface area contributed by atoms with Crippen molar-refractivity contribution in [1.29, 1.82) is 0 Å². The molecule has 1 amide bonds. The molecule has 2 N–H and O–H groups in total. The number of carboxylic acids is 1. The van der Waals surface area contributed by atoms with Crippen LogP contribution >= 0.6 is 0 Å². The van der Waals surface area contributed by atoms with Crippen molar-refractivity contribution < 1.29 is 28.6 Å². The molecule has 1 aromatic rings. The number of hydrogen-bond donors (Lipinski definition) is 2. The van der Waals surface area contributed by atoms with Gasteiger partial charge in [0.15, 0.2) is 6.10 Å². The second-order valence-corrected chi connectivity index (χ2v) is 4.42. The first-order chi connectivity index (χ1) is 9.92. The van der Waals surface area contributed by atoms with Crippen LogP contribution in [0.4, 0.5) is 4.39 Å². The first kappa shape index (κ1) is 16.9. The van der Waals surface area contributed by atoms with Gasteiger partial charge >= 0.3 is 5.97 Å². The standard InChI is InChI=1S/C14H18FNO5/c1-9(21-11-5-3-4-10(15)6-11)14(19)16-8-12(20-2)7-13(17)18/h3-6,9,12H,7-8H2,1-2H3,(H,16,19)(H,17,18). The predicted molar refractivity (Wildman–Crippen MR) is 72.5 cm³/mol. The molecular formula is C14H18FNO5. The van der Waals surface area contributed by atoms with E-state index >= 15 is 0 Å². The zero-order valence-electron chi connectivity index (χ0n) is 11.8. The number of benzene rings is 1. The quantitative estimate of drug-likeness (QED) is 0.753. The fourth-order valence-electron chi connectivity index (χ4n) is 1.59. The summed E-state index contributed by atoms with van der Waals surface area (Å²) in [6.45, 7) is 1.57. The van der Waals surface area contributed by atoms with Gasteiger partial charge < -0.3 is 19.9 Å². The summed E-state index contributed by atoms with van der Waals surface area (Å²) in [7, 11) is 1.37. The highest BCUT2D eigenvalue weighted by molar-refractivity contribution is 5.80. The number of carbonyl (C=O) groups is 2. The van der Waals surface area contributed by atoms with E-state index in [4.69, 9.17) is 14.6 Å². The first-order valence-corrected chi connectivity index (χ1v) is 6.37. The maximum atomic E-state index is 13.0. The molecule has 2 unspecified atom stereocenters. The summed E-state index contributed by atoms with van der Waals surface area (Å²) in [4.78, 5) is 22.4. The second-order valence-electron chi connectivity index (χ2n) is 4.42. The first-order valence-electron chi connectivity index (χ1n) is 6.37. The minimum absolute atomic E-state index is 0.0541. The molecule has 0 spiro atoms. The van der Waals surface area contributed by atoms with Gasteiger partial charge in [0.2, 0.25) is 0 Å². The lowest BCUT2D eigenvalue weighted by Gasteiger charge is -2.17. The van der Waals surface area contributed by atoms with Crippen molar-refractivity contribution in [1.82, 2.24) is 5.32 Å². The Hall–Kier alpha value is -2.15. The zero-order chi connectivity index (χ0) is 15.8. The monoisotopic (exact) mass is 299 g/mol. The van der Waals surface area contributed by atoms with Crippen molar-refractivity contribution in [2.75, 3.05) is 13.7 Å². The average molecular weight is 299 g/mol. The van der Waals surface area contributed by atoms with Crippen LogP contribution in [0.5, 0.6) is 5.75 Å². The number of rotatable bonds is 8. The summed E-state index contributed by atoms with van der Waals surface area (Å²) < 4.78 is 23.2. The van der Waals surface area contributed by atoms with Crippen LogP contribution in [-0.4, -0.2) is 42.8 Å². The van der Waals surface area contributed by atoms with E-state index in [-0.39, 0.29) is 18.7 Å². The molecule has 0 fully saturated rings. The Morgan fingerprint density at radius 2 is 2.14 bits per heavy atom. The molecule has 0 saturated heterocycles. The summed E-state index contributed by atoms with van der Waals surface area (Å²) >= 11 is 0. The van der Waals surface area contributed by atoms with Crippen molar-refractivity contribution in [2.45, 2.75) is 25.6 Å². The largest absolute Gasteiger partial charge is 0.481 e. The predicted octanol–water partition coefficient (Wildman–Crippen LogP) is 1.20. The normalized spacial score (nSPS) is 13.3. The maximum absolute atomic E-state index is 13.0. The fraction of sp³-hybridized carbons (Fsp3) is 0.429. The molecule has 0 aliphatic rings. The molecule has 0 aliphatic heterocycles. The third-order valence-corrected chi connectivity index (χ3v) is 2.72. The maximum Gasteiger partial charge on any atom is 0.306 e. The van der Waals surface area contributed by atoms with Crippen LogP contribution < -0.4 is 10.1 Å². The van der Waals surface area contributed by atoms with Crippen LogP contribution in [0.3, 0.4) is 0 Å². The van der Waals surface area contributed by atoms with Crippen LogP contribution in [0.15, 0.2) is 24.3 Å². The van der Waals surface area contributed by atoms with Crippen molar-refractivity contribution in [2.24, 2.45) is 0 Å². The van der Waals surface area contributed by atoms with Crippen LogP contribution in [-0.2, 0) is 14.3 Å². The minimum Gasteiger partial charge on any atom is -0.481 e. The molecule has 2 atom stereocenters. The topological polar surface area (TPSA) is 84.9 Å². The highest BCUT2D eigenvalue weighted by Gasteiger charge is 2.18. The van der Waals surface area contributed by atoms with E-state index in [0.29, 0.717) is 0 Å². The van der Waals surface area contributed by atoms with Crippen LogP contribution in [0, 0.1) is 5.82 Å². The average Bonchev–Trinajstić information content (AvgIpc) is 2.42. The Balaban J connectivity index is 2.45. The van der Waals surface area contributed by atoms with Gasteiger partial charge in [-0.1, -0.05) is 6.07 Å². The second kappa shape index (κ2) is 8.21. The smallest absolute Gasteiger partial charge is 0.306 e. The van der Waals surface area contributed by atoms with E-state index in [1.54, 1.807) is 0 Å². The van der Waals surface area contributed by atoms with E-state index < -0.39 is 29.9 Å². The minimum atomic E-state index is -1.01. The van der Waals surface area contributed by atoms with Crippen molar-refractivity contribution in [3.05, 3.63) is 30.1 Å². The molecule has 0 heterocycles.